The highest BCUT2D eigenvalue weighted by molar-refractivity contribution is 6.12. The Hall–Kier alpha value is -4.29. The first-order chi connectivity index (χ1) is 14.2. The van der Waals surface area contributed by atoms with Crippen LogP contribution < -0.4 is 5.73 Å². The summed E-state index contributed by atoms with van der Waals surface area (Å²) in [6, 6.07) is 8.54. The van der Waals surface area contributed by atoms with Crippen LogP contribution in [0.25, 0.3) is 17.2 Å². The molecule has 3 heterocycles. The molecule has 0 amide bonds. The Morgan fingerprint density at radius 3 is 2.66 bits per heavy atom. The summed E-state index contributed by atoms with van der Waals surface area (Å²) in [4.78, 5) is 29.8. The fourth-order valence-electron chi connectivity index (χ4n) is 2.74. The van der Waals surface area contributed by atoms with Gasteiger partial charge in [0.15, 0.2) is 17.4 Å². The number of rotatable bonds is 5. The molecule has 2 N–H and O–H groups in total. The molecule has 0 saturated carbocycles. The van der Waals surface area contributed by atoms with Crippen molar-refractivity contribution in [1.29, 1.82) is 5.26 Å². The molecule has 0 atom stereocenters. The van der Waals surface area contributed by atoms with Crippen molar-refractivity contribution in [1.82, 2.24) is 29.7 Å². The van der Waals surface area contributed by atoms with Gasteiger partial charge in [-0.3, -0.25) is 4.79 Å². The van der Waals surface area contributed by atoms with Crippen molar-refractivity contribution in [3.63, 3.8) is 0 Å². The first kappa shape index (κ1) is 18.1. The first-order valence-corrected chi connectivity index (χ1v) is 8.61. The zero-order chi connectivity index (χ0) is 20.2. The Bertz CT molecular complexity index is 1210. The molecule has 0 aliphatic heterocycles. The summed E-state index contributed by atoms with van der Waals surface area (Å²) in [6.07, 6.45) is 9.24. The van der Waals surface area contributed by atoms with Crippen LogP contribution in [0.5, 0.6) is 0 Å². The first-order valence-electron chi connectivity index (χ1n) is 8.61. The molecule has 1 aromatic carbocycles. The van der Waals surface area contributed by atoms with Gasteiger partial charge >= 0.3 is 0 Å². The lowest BCUT2D eigenvalue weighted by atomic mass is 9.97. The number of nitrogens with two attached hydrogens (primary N) is 1. The zero-order valence-electron chi connectivity index (χ0n) is 15.1. The summed E-state index contributed by atoms with van der Waals surface area (Å²) in [6.45, 7) is 0.321. The third kappa shape index (κ3) is 3.60. The predicted molar refractivity (Wildman–Crippen MR) is 103 cm³/mol. The van der Waals surface area contributed by atoms with Crippen molar-refractivity contribution in [2.24, 2.45) is 5.73 Å². The topological polar surface area (TPSA) is 136 Å². The number of benzene rings is 1. The van der Waals surface area contributed by atoms with E-state index >= 15 is 0 Å². The smallest absolute Gasteiger partial charge is 0.196 e. The van der Waals surface area contributed by atoms with Gasteiger partial charge < -0.3 is 5.73 Å². The maximum atomic E-state index is 13.2. The molecular formula is C20H14N8O. The molecule has 3 aromatic heterocycles. The van der Waals surface area contributed by atoms with Gasteiger partial charge in [0.05, 0.1) is 23.4 Å². The minimum Gasteiger partial charge on any atom is -0.326 e. The predicted octanol–water partition coefficient (Wildman–Crippen LogP) is 1.68. The van der Waals surface area contributed by atoms with Crippen molar-refractivity contribution >= 4 is 5.78 Å². The van der Waals surface area contributed by atoms with Crippen LogP contribution in [0.3, 0.4) is 0 Å². The Morgan fingerprint density at radius 2 is 1.97 bits per heavy atom. The molecule has 0 radical (unpaired) electrons. The summed E-state index contributed by atoms with van der Waals surface area (Å²) < 4.78 is 1.48. The van der Waals surface area contributed by atoms with E-state index in [-0.39, 0.29) is 5.78 Å². The van der Waals surface area contributed by atoms with E-state index in [1.807, 2.05) is 0 Å². The highest BCUT2D eigenvalue weighted by Crippen LogP contribution is 2.24. The second-order valence-corrected chi connectivity index (χ2v) is 6.06. The van der Waals surface area contributed by atoms with Crippen LogP contribution in [0.4, 0.5) is 0 Å². The van der Waals surface area contributed by atoms with E-state index in [1.54, 1.807) is 43.0 Å². The quantitative estimate of drug-likeness (QED) is 0.515. The number of nitrogens with zero attached hydrogens (tertiary/aromatic N) is 7. The van der Waals surface area contributed by atoms with E-state index in [2.05, 4.69) is 31.1 Å². The van der Waals surface area contributed by atoms with E-state index in [1.165, 1.54) is 23.3 Å². The molecule has 9 heteroatoms. The highest BCUT2D eigenvalue weighted by atomic mass is 16.1. The molecule has 4 rings (SSSR count). The summed E-state index contributed by atoms with van der Waals surface area (Å²) in [5, 5.41) is 13.5. The van der Waals surface area contributed by atoms with Crippen molar-refractivity contribution in [3.05, 3.63) is 83.8 Å². The van der Waals surface area contributed by atoms with Crippen LogP contribution in [-0.4, -0.2) is 35.5 Å². The minimum absolute atomic E-state index is 0.302. The molecule has 0 saturated heterocycles. The van der Waals surface area contributed by atoms with Gasteiger partial charge in [0.2, 0.25) is 0 Å². The molecule has 0 aliphatic rings. The normalized spacial score (nSPS) is 10.5. The largest absolute Gasteiger partial charge is 0.326 e. The maximum absolute atomic E-state index is 13.2. The molecule has 0 unspecified atom stereocenters. The fourth-order valence-corrected chi connectivity index (χ4v) is 2.74. The van der Waals surface area contributed by atoms with Crippen molar-refractivity contribution in [2.45, 2.75) is 6.54 Å². The SMILES string of the molecule is N#Cc1ccc(-c2ncc(CN)cn2)c(C(=O)c2cnn(-c3ccncn3)c2)c1. The molecule has 140 valence electrons. The van der Waals surface area contributed by atoms with Crippen LogP contribution in [0.15, 0.2) is 61.6 Å². The van der Waals surface area contributed by atoms with Crippen LogP contribution in [-0.2, 0) is 6.54 Å². The van der Waals surface area contributed by atoms with Crippen molar-refractivity contribution < 1.29 is 4.79 Å². The third-order valence-electron chi connectivity index (χ3n) is 4.22. The van der Waals surface area contributed by atoms with Crippen molar-refractivity contribution in [3.8, 4) is 23.3 Å². The third-order valence-corrected chi connectivity index (χ3v) is 4.22. The molecule has 0 spiro atoms. The number of nitriles is 1. The summed E-state index contributed by atoms with van der Waals surface area (Å²) in [5.74, 6) is 0.605. The minimum atomic E-state index is -0.302. The standard InChI is InChI=1S/C20H14N8O/c21-6-13-1-2-16(20-24-8-14(7-22)9-25-20)17(5-13)19(29)15-10-27-28(11-15)18-3-4-23-12-26-18/h1-5,8-12H,7,22H2. The molecule has 4 aromatic rings. The second-order valence-electron chi connectivity index (χ2n) is 6.06. The number of carbonyl (C=O) groups is 1. The zero-order valence-corrected chi connectivity index (χ0v) is 15.1. The van der Waals surface area contributed by atoms with Crippen LogP contribution in [0, 0.1) is 11.3 Å². The average molecular weight is 382 g/mol. The summed E-state index contributed by atoms with van der Waals surface area (Å²) in [5.41, 5.74) is 7.91. The summed E-state index contributed by atoms with van der Waals surface area (Å²) in [7, 11) is 0. The fraction of sp³-hybridized carbons (Fsp3) is 0.0500. The van der Waals surface area contributed by atoms with E-state index in [0.29, 0.717) is 40.4 Å². The van der Waals surface area contributed by atoms with Crippen LogP contribution >= 0.6 is 0 Å². The molecule has 0 aliphatic carbocycles. The highest BCUT2D eigenvalue weighted by Gasteiger charge is 2.19. The Kier molecular flexibility index (Phi) is 4.84. The molecule has 29 heavy (non-hydrogen) atoms. The van der Waals surface area contributed by atoms with Gasteiger partial charge in [-0.15, -0.1) is 0 Å². The van der Waals surface area contributed by atoms with E-state index in [0.717, 1.165) is 5.56 Å². The Morgan fingerprint density at radius 1 is 1.14 bits per heavy atom. The van der Waals surface area contributed by atoms with E-state index < -0.39 is 0 Å². The number of ketones is 1. The van der Waals surface area contributed by atoms with E-state index in [4.69, 9.17) is 5.73 Å². The Labute approximate surface area is 165 Å². The molecular weight excluding hydrogens is 368 g/mol. The van der Waals surface area contributed by atoms with Gasteiger partial charge in [0.25, 0.3) is 0 Å². The second kappa shape index (κ2) is 7.75. The van der Waals surface area contributed by atoms with Gasteiger partial charge in [-0.1, -0.05) is 0 Å². The van der Waals surface area contributed by atoms with Gasteiger partial charge in [-0.05, 0) is 18.2 Å². The van der Waals surface area contributed by atoms with Gasteiger partial charge in [-0.25, -0.2) is 24.6 Å². The maximum Gasteiger partial charge on any atom is 0.196 e. The molecule has 0 bridgehead atoms. The number of carbonyl (C=O) groups excluding carboxylic acids is 1. The molecule has 9 nitrogen and oxygen atoms in total. The van der Waals surface area contributed by atoms with Crippen molar-refractivity contribution in [2.75, 3.05) is 0 Å². The van der Waals surface area contributed by atoms with Gasteiger partial charge in [0.1, 0.15) is 6.33 Å². The lowest BCUT2D eigenvalue weighted by Gasteiger charge is -2.08. The average Bonchev–Trinajstić information content (AvgIpc) is 3.29. The van der Waals surface area contributed by atoms with Crippen LogP contribution in [0.2, 0.25) is 0 Å². The number of hydrogen-bond acceptors (Lipinski definition) is 8. The van der Waals surface area contributed by atoms with Crippen LogP contribution in [0.1, 0.15) is 27.0 Å². The Balaban J connectivity index is 1.76. The number of aromatic nitrogens is 6. The lowest BCUT2D eigenvalue weighted by molar-refractivity contribution is 0.103. The monoisotopic (exact) mass is 382 g/mol. The lowest BCUT2D eigenvalue weighted by Crippen LogP contribution is -2.06. The van der Waals surface area contributed by atoms with Gasteiger partial charge in [-0.2, -0.15) is 10.4 Å². The van der Waals surface area contributed by atoms with Gasteiger partial charge in [0, 0.05) is 54.1 Å². The molecule has 0 fully saturated rings. The van der Waals surface area contributed by atoms with E-state index in [9.17, 15) is 10.1 Å². The number of hydrogen-bond donors (Lipinski definition) is 1. The summed E-state index contributed by atoms with van der Waals surface area (Å²) >= 11 is 0.